The molecular weight excluding hydrogens is 396 g/mol. The van der Waals surface area contributed by atoms with E-state index in [1.54, 1.807) is 6.07 Å². The Morgan fingerprint density at radius 3 is 2.91 bits per heavy atom. The van der Waals surface area contributed by atoms with Crippen molar-refractivity contribution in [3.05, 3.63) is 29.6 Å². The van der Waals surface area contributed by atoms with Gasteiger partial charge >= 0.3 is 0 Å². The molecule has 6 heteroatoms. The summed E-state index contributed by atoms with van der Waals surface area (Å²) in [7, 11) is 0. The largest absolute Gasteiger partial charge is 0.491 e. The molecular formula is C16H25FIN3O. The number of likely N-dealkylation sites (tertiary alicyclic amines) is 1. The SMILES string of the molecule is CCOc1ccc(CN=C(N)N2CCCC(C)C2)cc1F.I. The van der Waals surface area contributed by atoms with Crippen LogP contribution >= 0.6 is 24.0 Å². The van der Waals surface area contributed by atoms with Gasteiger partial charge in [0.2, 0.25) is 0 Å². The van der Waals surface area contributed by atoms with Crippen molar-refractivity contribution in [1.29, 1.82) is 0 Å². The topological polar surface area (TPSA) is 50.9 Å². The minimum atomic E-state index is -0.352. The van der Waals surface area contributed by atoms with Crippen LogP contribution < -0.4 is 10.5 Å². The highest BCUT2D eigenvalue weighted by Crippen LogP contribution is 2.19. The fourth-order valence-electron chi connectivity index (χ4n) is 2.59. The maximum absolute atomic E-state index is 13.8. The van der Waals surface area contributed by atoms with Crippen LogP contribution in [0.1, 0.15) is 32.3 Å². The molecule has 0 radical (unpaired) electrons. The highest BCUT2D eigenvalue weighted by Gasteiger charge is 2.17. The number of ether oxygens (including phenoxy) is 1. The van der Waals surface area contributed by atoms with E-state index in [9.17, 15) is 4.39 Å². The quantitative estimate of drug-likeness (QED) is 0.461. The third-order valence-electron chi connectivity index (χ3n) is 3.70. The second kappa shape index (κ2) is 9.17. The van der Waals surface area contributed by atoms with Gasteiger partial charge in [0, 0.05) is 13.1 Å². The lowest BCUT2D eigenvalue weighted by Gasteiger charge is -2.31. The molecule has 0 aliphatic carbocycles. The Morgan fingerprint density at radius 2 is 2.27 bits per heavy atom. The van der Waals surface area contributed by atoms with Crippen LogP contribution in [0.3, 0.4) is 0 Å². The second-order valence-electron chi connectivity index (χ2n) is 5.57. The minimum Gasteiger partial charge on any atom is -0.491 e. The summed E-state index contributed by atoms with van der Waals surface area (Å²) in [6.07, 6.45) is 2.39. The number of halogens is 2. The van der Waals surface area contributed by atoms with Crippen molar-refractivity contribution in [3.8, 4) is 5.75 Å². The van der Waals surface area contributed by atoms with Crippen LogP contribution in [0.25, 0.3) is 0 Å². The summed E-state index contributed by atoms with van der Waals surface area (Å²) >= 11 is 0. The van der Waals surface area contributed by atoms with E-state index < -0.39 is 0 Å². The molecule has 1 heterocycles. The molecule has 1 aliphatic heterocycles. The summed E-state index contributed by atoms with van der Waals surface area (Å²) in [5, 5.41) is 0. The van der Waals surface area contributed by atoms with Gasteiger partial charge in [-0.15, -0.1) is 24.0 Å². The Hall–Kier alpha value is -1.05. The summed E-state index contributed by atoms with van der Waals surface area (Å²) < 4.78 is 18.9. The van der Waals surface area contributed by atoms with Crippen LogP contribution in [-0.4, -0.2) is 30.6 Å². The Labute approximate surface area is 148 Å². The van der Waals surface area contributed by atoms with Gasteiger partial charge in [0.15, 0.2) is 17.5 Å². The monoisotopic (exact) mass is 421 g/mol. The van der Waals surface area contributed by atoms with Gasteiger partial charge in [-0.05, 0) is 43.4 Å². The molecule has 2 N–H and O–H groups in total. The zero-order chi connectivity index (χ0) is 15.2. The first-order valence-corrected chi connectivity index (χ1v) is 7.56. The molecule has 1 fully saturated rings. The molecule has 1 unspecified atom stereocenters. The van der Waals surface area contributed by atoms with Gasteiger partial charge in [0.05, 0.1) is 13.2 Å². The van der Waals surface area contributed by atoms with Crippen molar-refractivity contribution in [1.82, 2.24) is 4.90 Å². The van der Waals surface area contributed by atoms with E-state index in [1.165, 1.54) is 12.5 Å². The molecule has 1 aromatic rings. The van der Waals surface area contributed by atoms with Gasteiger partial charge in [-0.1, -0.05) is 13.0 Å². The molecule has 2 rings (SSSR count). The Morgan fingerprint density at radius 1 is 1.50 bits per heavy atom. The average Bonchev–Trinajstić information content (AvgIpc) is 2.47. The number of rotatable bonds is 4. The lowest BCUT2D eigenvalue weighted by Crippen LogP contribution is -2.43. The number of aliphatic imine (C=N–C) groups is 1. The number of hydrogen-bond donors (Lipinski definition) is 1. The van der Waals surface area contributed by atoms with E-state index in [0.29, 0.717) is 25.0 Å². The first kappa shape index (κ1) is 19.0. The van der Waals surface area contributed by atoms with Crippen LogP contribution in [0, 0.1) is 11.7 Å². The summed E-state index contributed by atoms with van der Waals surface area (Å²) in [6, 6.07) is 4.92. The summed E-state index contributed by atoms with van der Waals surface area (Å²) in [5.41, 5.74) is 6.83. The van der Waals surface area contributed by atoms with Crippen molar-refractivity contribution in [2.24, 2.45) is 16.6 Å². The average molecular weight is 421 g/mol. The van der Waals surface area contributed by atoms with Crippen molar-refractivity contribution >= 4 is 29.9 Å². The predicted molar refractivity (Wildman–Crippen MR) is 98.3 cm³/mol. The van der Waals surface area contributed by atoms with Gasteiger partial charge in [-0.2, -0.15) is 0 Å². The van der Waals surface area contributed by atoms with Gasteiger partial charge < -0.3 is 15.4 Å². The number of guanidine groups is 1. The first-order valence-electron chi connectivity index (χ1n) is 7.56. The Balaban J connectivity index is 0.00000242. The number of benzene rings is 1. The van der Waals surface area contributed by atoms with Crippen molar-refractivity contribution in [2.45, 2.75) is 33.2 Å². The number of nitrogens with two attached hydrogens (primary N) is 1. The molecule has 0 saturated carbocycles. The van der Waals surface area contributed by atoms with E-state index in [0.717, 1.165) is 25.1 Å². The number of piperidine rings is 1. The maximum Gasteiger partial charge on any atom is 0.191 e. The molecule has 1 atom stereocenters. The Bertz CT molecular complexity index is 510. The minimum absolute atomic E-state index is 0. The van der Waals surface area contributed by atoms with Gasteiger partial charge in [0.25, 0.3) is 0 Å². The highest BCUT2D eigenvalue weighted by atomic mass is 127. The molecule has 0 aromatic heterocycles. The normalized spacial score (nSPS) is 18.8. The van der Waals surface area contributed by atoms with E-state index in [-0.39, 0.29) is 35.5 Å². The van der Waals surface area contributed by atoms with E-state index >= 15 is 0 Å². The lowest BCUT2D eigenvalue weighted by atomic mass is 10.0. The standard InChI is InChI=1S/C16H24FN3O.HI/c1-3-21-15-7-6-13(9-14(15)17)10-19-16(18)20-8-4-5-12(2)11-20;/h6-7,9,12H,3-5,8,10-11H2,1-2H3,(H2,18,19);1H. The highest BCUT2D eigenvalue weighted by molar-refractivity contribution is 14.0. The fraction of sp³-hybridized carbons (Fsp3) is 0.562. The maximum atomic E-state index is 13.8. The van der Waals surface area contributed by atoms with Gasteiger partial charge in [0.1, 0.15) is 0 Å². The van der Waals surface area contributed by atoms with E-state index in [1.807, 2.05) is 13.0 Å². The van der Waals surface area contributed by atoms with Crippen LogP contribution in [0.15, 0.2) is 23.2 Å². The molecule has 1 aromatic carbocycles. The van der Waals surface area contributed by atoms with Crippen LogP contribution in [-0.2, 0) is 6.54 Å². The van der Waals surface area contributed by atoms with Gasteiger partial charge in [-0.3, -0.25) is 0 Å². The smallest absolute Gasteiger partial charge is 0.191 e. The number of hydrogen-bond acceptors (Lipinski definition) is 2. The predicted octanol–water partition coefficient (Wildman–Crippen LogP) is 3.39. The molecule has 1 saturated heterocycles. The van der Waals surface area contributed by atoms with Gasteiger partial charge in [-0.25, -0.2) is 9.38 Å². The lowest BCUT2D eigenvalue weighted by molar-refractivity contribution is 0.270. The summed E-state index contributed by atoms with van der Waals surface area (Å²) in [6.45, 7) is 6.80. The van der Waals surface area contributed by atoms with Crippen molar-refractivity contribution in [2.75, 3.05) is 19.7 Å². The second-order valence-corrected chi connectivity index (χ2v) is 5.57. The fourth-order valence-corrected chi connectivity index (χ4v) is 2.59. The van der Waals surface area contributed by atoms with E-state index in [2.05, 4.69) is 16.8 Å². The summed E-state index contributed by atoms with van der Waals surface area (Å²) in [4.78, 5) is 6.49. The van der Waals surface area contributed by atoms with Crippen LogP contribution in [0.5, 0.6) is 5.75 Å². The Kier molecular flexibility index (Phi) is 7.92. The molecule has 22 heavy (non-hydrogen) atoms. The van der Waals surface area contributed by atoms with E-state index in [4.69, 9.17) is 10.5 Å². The third kappa shape index (κ3) is 5.30. The molecule has 4 nitrogen and oxygen atoms in total. The van der Waals surface area contributed by atoms with Crippen molar-refractivity contribution < 1.29 is 9.13 Å². The molecule has 0 amide bonds. The molecule has 0 bridgehead atoms. The third-order valence-corrected chi connectivity index (χ3v) is 3.70. The van der Waals surface area contributed by atoms with Crippen molar-refractivity contribution in [3.63, 3.8) is 0 Å². The number of nitrogens with zero attached hydrogens (tertiary/aromatic N) is 2. The summed E-state index contributed by atoms with van der Waals surface area (Å²) in [5.74, 6) is 1.13. The van der Waals surface area contributed by atoms with Crippen LogP contribution in [0.2, 0.25) is 0 Å². The molecule has 0 spiro atoms. The first-order chi connectivity index (χ1) is 10.1. The zero-order valence-corrected chi connectivity index (χ0v) is 15.5. The molecule has 1 aliphatic rings. The van der Waals surface area contributed by atoms with Crippen LogP contribution in [0.4, 0.5) is 4.39 Å². The molecule has 124 valence electrons. The zero-order valence-electron chi connectivity index (χ0n) is 13.2.